The van der Waals surface area contributed by atoms with Gasteiger partial charge in [-0.1, -0.05) is 26.2 Å². The van der Waals surface area contributed by atoms with Crippen molar-refractivity contribution in [2.45, 2.75) is 71.4 Å². The number of carbonyl (C=O) groups excluding carboxylic acids is 1. The van der Waals surface area contributed by atoms with Crippen molar-refractivity contribution in [1.82, 2.24) is 9.47 Å². The molecule has 1 amide bonds. The van der Waals surface area contributed by atoms with Crippen LogP contribution in [0, 0.1) is 0 Å². The van der Waals surface area contributed by atoms with E-state index in [4.69, 9.17) is 5.73 Å². The molecule has 1 aromatic heterocycles. The van der Waals surface area contributed by atoms with Crippen molar-refractivity contribution >= 4 is 22.6 Å². The summed E-state index contributed by atoms with van der Waals surface area (Å²) < 4.78 is 4.08. The minimum atomic E-state index is -0.861. The Balaban J connectivity index is 2.11. The molecule has 0 spiro atoms. The molecule has 9 nitrogen and oxygen atoms in total. The quantitative estimate of drug-likeness (QED) is 0.287. The third-order valence-electron chi connectivity index (χ3n) is 6.64. The summed E-state index contributed by atoms with van der Waals surface area (Å²) in [6.45, 7) is 6.73. The number of aryl methyl sites for hydroxylation is 1. The monoisotopic (exact) mass is 462 g/mol. The van der Waals surface area contributed by atoms with Crippen molar-refractivity contribution in [1.29, 1.82) is 0 Å². The molecule has 0 saturated carbocycles. The maximum absolute atomic E-state index is 13.6. The summed E-state index contributed by atoms with van der Waals surface area (Å²) in [4.78, 5) is 17.2. The molecule has 5 N–H and O–H groups in total. The number of hydrogen-bond acceptors (Lipinski definition) is 6. The van der Waals surface area contributed by atoms with E-state index in [0.29, 0.717) is 37.4 Å². The van der Waals surface area contributed by atoms with E-state index < -0.39 is 12.2 Å². The molecule has 2 heterocycles. The highest BCUT2D eigenvalue weighted by molar-refractivity contribution is 6.03. The molecular weight excluding hydrogens is 422 g/mol. The zero-order chi connectivity index (χ0) is 24.1. The van der Waals surface area contributed by atoms with E-state index in [1.54, 1.807) is 4.90 Å². The first-order valence-electron chi connectivity index (χ1n) is 12.1. The number of imidazole rings is 1. The van der Waals surface area contributed by atoms with E-state index in [0.717, 1.165) is 42.5 Å². The number of rotatable bonds is 11. The van der Waals surface area contributed by atoms with Gasteiger partial charge >= 0.3 is 0 Å². The van der Waals surface area contributed by atoms with Gasteiger partial charge in [0.25, 0.3) is 11.7 Å². The van der Waals surface area contributed by atoms with E-state index >= 15 is 0 Å². The van der Waals surface area contributed by atoms with E-state index in [1.807, 2.05) is 35.6 Å². The van der Waals surface area contributed by atoms with Gasteiger partial charge in [-0.05, 0) is 13.3 Å². The number of fused-ring (bicyclic) bond motifs is 1. The van der Waals surface area contributed by atoms with Crippen molar-refractivity contribution < 1.29 is 24.7 Å². The number of nitrogens with two attached hydrogens (primary N) is 1. The summed E-state index contributed by atoms with van der Waals surface area (Å²) in [5.41, 5.74) is 9.07. The molecule has 2 aromatic rings. The average Bonchev–Trinajstić information content (AvgIpc) is 3.30. The van der Waals surface area contributed by atoms with Crippen molar-refractivity contribution in [3.63, 3.8) is 0 Å². The fraction of sp³-hybridized carbons (Fsp3) is 0.667. The molecule has 1 fully saturated rings. The average molecular weight is 463 g/mol. The minimum absolute atomic E-state index is 0.0296. The second kappa shape index (κ2) is 11.3. The Morgan fingerprint density at radius 1 is 1.18 bits per heavy atom. The van der Waals surface area contributed by atoms with Gasteiger partial charge in [0.2, 0.25) is 0 Å². The van der Waals surface area contributed by atoms with Crippen LogP contribution in [-0.4, -0.2) is 76.2 Å². The van der Waals surface area contributed by atoms with Gasteiger partial charge in [0.1, 0.15) is 6.54 Å². The van der Waals surface area contributed by atoms with Crippen LogP contribution in [0.5, 0.6) is 0 Å². The van der Waals surface area contributed by atoms with Gasteiger partial charge in [0.15, 0.2) is 11.0 Å². The van der Waals surface area contributed by atoms with Crippen LogP contribution >= 0.6 is 0 Å². The molecule has 0 aliphatic carbocycles. The molecule has 0 radical (unpaired) electrons. The second-order valence-corrected chi connectivity index (χ2v) is 8.92. The molecule has 0 bridgehead atoms. The van der Waals surface area contributed by atoms with E-state index in [2.05, 4.69) is 11.5 Å². The number of amides is 1. The van der Waals surface area contributed by atoms with Crippen LogP contribution in [0.2, 0.25) is 0 Å². The van der Waals surface area contributed by atoms with Crippen molar-refractivity contribution in [3.05, 3.63) is 23.5 Å². The lowest BCUT2D eigenvalue weighted by Crippen LogP contribution is -2.38. The number of unbranched alkanes of at least 4 members (excludes halogenated alkanes) is 3. The Hall–Kier alpha value is -2.20. The minimum Gasteiger partial charge on any atom is -0.392 e. The molecule has 33 heavy (non-hydrogen) atoms. The van der Waals surface area contributed by atoms with E-state index in [-0.39, 0.29) is 25.6 Å². The van der Waals surface area contributed by atoms with E-state index in [9.17, 15) is 20.1 Å². The third kappa shape index (κ3) is 5.16. The largest absolute Gasteiger partial charge is 0.392 e. The van der Waals surface area contributed by atoms with Crippen molar-refractivity contribution in [2.24, 2.45) is 5.73 Å². The maximum atomic E-state index is 13.6. The first-order valence-corrected chi connectivity index (χ1v) is 12.1. The molecule has 0 unspecified atom stereocenters. The van der Waals surface area contributed by atoms with Gasteiger partial charge in [-0.15, -0.1) is 0 Å². The number of β-amino-alcohol motifs (C(OH)–C–C–N with tert-alkyl or cyclic N) is 2. The zero-order valence-corrected chi connectivity index (χ0v) is 20.2. The summed E-state index contributed by atoms with van der Waals surface area (Å²) in [5, 5.41) is 30.0. The number of aromatic nitrogens is 2. The summed E-state index contributed by atoms with van der Waals surface area (Å²) >= 11 is 0. The molecule has 9 heteroatoms. The predicted molar refractivity (Wildman–Crippen MR) is 128 cm³/mol. The Kier molecular flexibility index (Phi) is 8.69. The van der Waals surface area contributed by atoms with Crippen LogP contribution in [0.15, 0.2) is 12.1 Å². The fourth-order valence-corrected chi connectivity index (χ4v) is 4.83. The van der Waals surface area contributed by atoms with Gasteiger partial charge in [-0.3, -0.25) is 4.79 Å². The van der Waals surface area contributed by atoms with Crippen LogP contribution in [0.1, 0.15) is 55.7 Å². The van der Waals surface area contributed by atoms with Crippen molar-refractivity contribution in [3.8, 4) is 0 Å². The summed E-state index contributed by atoms with van der Waals surface area (Å²) in [7, 11) is 1.83. The van der Waals surface area contributed by atoms with Crippen LogP contribution in [0.3, 0.4) is 0 Å². The molecule has 1 aliphatic rings. The maximum Gasteiger partial charge on any atom is 0.271 e. The van der Waals surface area contributed by atoms with Gasteiger partial charge < -0.3 is 30.9 Å². The second-order valence-electron chi connectivity index (χ2n) is 8.92. The van der Waals surface area contributed by atoms with Gasteiger partial charge in [0.05, 0.1) is 43.2 Å². The van der Waals surface area contributed by atoms with Crippen LogP contribution in [-0.2, 0) is 19.6 Å². The highest BCUT2D eigenvalue weighted by atomic mass is 16.3. The van der Waals surface area contributed by atoms with Gasteiger partial charge in [0, 0.05) is 38.8 Å². The molecule has 184 valence electrons. The Morgan fingerprint density at radius 2 is 1.88 bits per heavy atom. The smallest absolute Gasteiger partial charge is 0.271 e. The lowest BCUT2D eigenvalue weighted by atomic mass is 10.1. The normalized spacial score (nSPS) is 18.5. The highest BCUT2D eigenvalue weighted by Crippen LogP contribution is 2.31. The van der Waals surface area contributed by atoms with Crippen LogP contribution in [0.25, 0.3) is 11.0 Å². The lowest BCUT2D eigenvalue weighted by Gasteiger charge is -2.24. The highest BCUT2D eigenvalue weighted by Gasteiger charge is 2.34. The Labute approximate surface area is 196 Å². The van der Waals surface area contributed by atoms with Gasteiger partial charge in [-0.25, -0.2) is 9.13 Å². The van der Waals surface area contributed by atoms with Gasteiger partial charge in [-0.2, -0.15) is 0 Å². The molecule has 1 aromatic carbocycles. The first kappa shape index (κ1) is 25.4. The first-order chi connectivity index (χ1) is 15.9. The molecule has 3 rings (SSSR count). The number of aliphatic hydroxyl groups is 3. The van der Waals surface area contributed by atoms with Crippen LogP contribution < -0.4 is 15.2 Å². The number of nitrogens with zero attached hydrogens (tertiary/aromatic N) is 4. The SMILES string of the molecule is CCCCCCN(C)C(=O)c1cc2c(cc1N1C[C@H](O)[C@@H](O)C1)n(CCO)c(CN)[n+]2CC. The number of aliphatic hydroxyl groups excluding tert-OH is 3. The topological polar surface area (TPSA) is 119 Å². The zero-order valence-electron chi connectivity index (χ0n) is 20.2. The third-order valence-corrected chi connectivity index (χ3v) is 6.64. The summed E-state index contributed by atoms with van der Waals surface area (Å²) in [6.07, 6.45) is 2.61. The Bertz CT molecular complexity index is 950. The molecule has 1 aliphatic heterocycles. The standard InChI is InChI=1S/C24H40N5O4/c1-4-6-7-8-9-26(3)24(33)17-12-19-20(13-18(17)27-15-21(31)22(32)16-27)29(10-11-30)23(14-25)28(19)5-2/h12-13,21-22,30-32H,4-11,14-16,25H2,1-3H3/q+1/t21-,22-/m0/s1. The predicted octanol–water partition coefficient (Wildman–Crippen LogP) is 0.594. The molecule has 1 saturated heterocycles. The van der Waals surface area contributed by atoms with Crippen molar-refractivity contribution in [2.75, 3.05) is 38.2 Å². The lowest BCUT2D eigenvalue weighted by molar-refractivity contribution is -0.676. The number of hydrogen-bond donors (Lipinski definition) is 4. The van der Waals surface area contributed by atoms with Crippen LogP contribution in [0.4, 0.5) is 5.69 Å². The molecule has 2 atom stereocenters. The fourth-order valence-electron chi connectivity index (χ4n) is 4.83. The summed E-state index contributed by atoms with van der Waals surface area (Å²) in [6, 6.07) is 3.85. The number of carbonyl (C=O) groups is 1. The summed E-state index contributed by atoms with van der Waals surface area (Å²) in [5.74, 6) is 0.803. The molecular formula is C24H40N5O4+. The van der Waals surface area contributed by atoms with E-state index in [1.165, 1.54) is 0 Å². The Morgan fingerprint density at radius 3 is 2.45 bits per heavy atom. The number of anilines is 1. The number of benzene rings is 1.